The summed E-state index contributed by atoms with van der Waals surface area (Å²) in [5.41, 5.74) is 4.03. The first-order valence-electron chi connectivity index (χ1n) is 11.3. The van der Waals surface area contributed by atoms with Crippen LogP contribution in [0.15, 0.2) is 35.1 Å². The number of aryl methyl sites for hydroxylation is 2. The lowest BCUT2D eigenvalue weighted by molar-refractivity contribution is 0.0695. The van der Waals surface area contributed by atoms with Crippen molar-refractivity contribution in [1.82, 2.24) is 19.4 Å². The SMILES string of the molecule is CCc1cc(C(=O)O)c(=O)[nH]c1-c1ccc2c(c1)cc(CN1CCN(C(C)C)CC1)n2C. The highest BCUT2D eigenvalue weighted by Gasteiger charge is 2.20. The third-order valence-electron chi connectivity index (χ3n) is 6.69. The molecule has 0 saturated carbocycles. The maximum atomic E-state index is 12.3. The van der Waals surface area contributed by atoms with Crippen LogP contribution in [0.25, 0.3) is 22.2 Å². The van der Waals surface area contributed by atoms with E-state index in [2.05, 4.69) is 58.4 Å². The Balaban J connectivity index is 1.63. The van der Waals surface area contributed by atoms with Gasteiger partial charge in [0.15, 0.2) is 0 Å². The van der Waals surface area contributed by atoms with Gasteiger partial charge in [0.05, 0.1) is 5.69 Å². The second-order valence-corrected chi connectivity index (χ2v) is 8.95. The Bertz CT molecular complexity index is 1200. The van der Waals surface area contributed by atoms with Crippen LogP contribution in [0.3, 0.4) is 0 Å². The van der Waals surface area contributed by atoms with Gasteiger partial charge in [-0.25, -0.2) is 4.79 Å². The van der Waals surface area contributed by atoms with Gasteiger partial charge in [0, 0.05) is 62.4 Å². The molecule has 1 saturated heterocycles. The van der Waals surface area contributed by atoms with Gasteiger partial charge in [0.1, 0.15) is 5.56 Å². The van der Waals surface area contributed by atoms with Gasteiger partial charge in [-0.2, -0.15) is 0 Å². The van der Waals surface area contributed by atoms with Crippen LogP contribution in [0.4, 0.5) is 0 Å². The molecule has 32 heavy (non-hydrogen) atoms. The fourth-order valence-corrected chi connectivity index (χ4v) is 4.65. The van der Waals surface area contributed by atoms with E-state index in [-0.39, 0.29) is 5.56 Å². The van der Waals surface area contributed by atoms with E-state index in [9.17, 15) is 14.7 Å². The average molecular weight is 437 g/mol. The van der Waals surface area contributed by atoms with Crippen LogP contribution in [0.1, 0.15) is 42.4 Å². The summed E-state index contributed by atoms with van der Waals surface area (Å²) in [6, 6.07) is 10.5. The second kappa shape index (κ2) is 8.92. The number of hydrogen-bond donors (Lipinski definition) is 2. The van der Waals surface area contributed by atoms with Crippen LogP contribution < -0.4 is 5.56 Å². The largest absolute Gasteiger partial charge is 0.477 e. The first kappa shape index (κ1) is 22.3. The number of rotatable bonds is 6. The Kier molecular flexibility index (Phi) is 6.22. The maximum Gasteiger partial charge on any atom is 0.341 e. The molecule has 1 aliphatic rings. The van der Waals surface area contributed by atoms with Gasteiger partial charge >= 0.3 is 5.97 Å². The fraction of sp³-hybridized carbons (Fsp3) is 0.440. The van der Waals surface area contributed by atoms with E-state index in [1.165, 1.54) is 11.8 Å². The van der Waals surface area contributed by atoms with Crippen molar-refractivity contribution in [2.24, 2.45) is 7.05 Å². The summed E-state index contributed by atoms with van der Waals surface area (Å²) in [5.74, 6) is -1.20. The number of nitrogens with zero attached hydrogens (tertiary/aromatic N) is 3. The Morgan fingerprint density at radius 1 is 1.12 bits per heavy atom. The topological polar surface area (TPSA) is 81.6 Å². The molecule has 2 aromatic heterocycles. The molecule has 3 aromatic rings. The van der Waals surface area contributed by atoms with E-state index >= 15 is 0 Å². The average Bonchev–Trinajstić information content (AvgIpc) is 3.08. The van der Waals surface area contributed by atoms with E-state index in [1.807, 2.05) is 13.0 Å². The minimum Gasteiger partial charge on any atom is -0.477 e. The summed E-state index contributed by atoms with van der Waals surface area (Å²) >= 11 is 0. The van der Waals surface area contributed by atoms with Crippen LogP contribution in [-0.2, 0) is 20.0 Å². The molecule has 4 rings (SSSR count). The molecular formula is C25H32N4O3. The predicted octanol–water partition coefficient (Wildman–Crippen LogP) is 3.32. The maximum absolute atomic E-state index is 12.3. The molecule has 0 aliphatic carbocycles. The Morgan fingerprint density at radius 2 is 1.84 bits per heavy atom. The number of aromatic amines is 1. The quantitative estimate of drug-likeness (QED) is 0.620. The number of nitrogens with one attached hydrogen (secondary N) is 1. The van der Waals surface area contributed by atoms with Crippen LogP contribution in [0.5, 0.6) is 0 Å². The molecule has 7 nitrogen and oxygen atoms in total. The normalized spacial score (nSPS) is 15.7. The molecule has 0 radical (unpaired) electrons. The third-order valence-corrected chi connectivity index (χ3v) is 6.69. The van der Waals surface area contributed by atoms with Gasteiger partial charge in [-0.15, -0.1) is 0 Å². The number of carboxylic acid groups (broad SMARTS) is 1. The van der Waals surface area contributed by atoms with Crippen LogP contribution >= 0.6 is 0 Å². The lowest BCUT2D eigenvalue weighted by atomic mass is 10.0. The molecule has 3 heterocycles. The van der Waals surface area contributed by atoms with Crippen molar-refractivity contribution < 1.29 is 9.90 Å². The van der Waals surface area contributed by atoms with Crippen molar-refractivity contribution in [1.29, 1.82) is 0 Å². The number of H-pyrrole nitrogens is 1. The van der Waals surface area contributed by atoms with Crippen molar-refractivity contribution in [3.63, 3.8) is 0 Å². The van der Waals surface area contributed by atoms with Crippen LogP contribution in [0.2, 0.25) is 0 Å². The van der Waals surface area contributed by atoms with Gasteiger partial charge in [-0.1, -0.05) is 13.0 Å². The molecule has 7 heteroatoms. The summed E-state index contributed by atoms with van der Waals surface area (Å²) in [7, 11) is 2.10. The minimum absolute atomic E-state index is 0.216. The zero-order valence-corrected chi connectivity index (χ0v) is 19.3. The highest BCUT2D eigenvalue weighted by molar-refractivity contribution is 5.89. The summed E-state index contributed by atoms with van der Waals surface area (Å²) in [6.07, 6.45) is 0.632. The Morgan fingerprint density at radius 3 is 2.47 bits per heavy atom. The highest BCUT2D eigenvalue weighted by Crippen LogP contribution is 2.28. The standard InChI is InChI=1S/C25H32N4O3/c1-5-17-14-21(25(31)32)24(30)26-23(17)18-6-7-22-19(12-18)13-20(27(22)4)15-28-8-10-29(11-9-28)16(2)3/h6-7,12-14,16H,5,8-11,15H2,1-4H3,(H,26,30)(H,31,32). The van der Waals surface area contributed by atoms with Gasteiger partial charge in [0.25, 0.3) is 5.56 Å². The molecule has 2 N–H and O–H groups in total. The zero-order chi connectivity index (χ0) is 23.0. The van der Waals surface area contributed by atoms with Crippen LogP contribution in [0, 0.1) is 0 Å². The van der Waals surface area contributed by atoms with E-state index in [0.717, 1.165) is 54.8 Å². The minimum atomic E-state index is -1.20. The van der Waals surface area contributed by atoms with Gasteiger partial charge in [-0.05, 0) is 55.7 Å². The number of aromatic carboxylic acids is 1. The van der Waals surface area contributed by atoms with Crippen molar-refractivity contribution >= 4 is 16.9 Å². The first-order valence-corrected chi connectivity index (χ1v) is 11.3. The van der Waals surface area contributed by atoms with Crippen molar-refractivity contribution in [3.05, 3.63) is 57.5 Å². The molecule has 0 spiro atoms. The van der Waals surface area contributed by atoms with Crippen molar-refractivity contribution in [2.75, 3.05) is 26.2 Å². The molecule has 0 atom stereocenters. The number of carboxylic acids is 1. The predicted molar refractivity (Wildman–Crippen MR) is 127 cm³/mol. The number of benzene rings is 1. The van der Waals surface area contributed by atoms with Crippen LogP contribution in [-0.4, -0.2) is 62.6 Å². The smallest absolute Gasteiger partial charge is 0.341 e. The summed E-state index contributed by atoms with van der Waals surface area (Å²) in [4.78, 5) is 31.4. The number of piperazine rings is 1. The summed E-state index contributed by atoms with van der Waals surface area (Å²) < 4.78 is 2.24. The molecule has 1 aromatic carbocycles. The fourth-order valence-electron chi connectivity index (χ4n) is 4.65. The first-order chi connectivity index (χ1) is 15.3. The number of hydrogen-bond acceptors (Lipinski definition) is 4. The number of carbonyl (C=O) groups is 1. The number of pyridine rings is 1. The van der Waals surface area contributed by atoms with Gasteiger partial charge in [-0.3, -0.25) is 14.6 Å². The lowest BCUT2D eigenvalue weighted by Gasteiger charge is -2.36. The van der Waals surface area contributed by atoms with Crippen molar-refractivity contribution in [3.8, 4) is 11.3 Å². The zero-order valence-electron chi connectivity index (χ0n) is 19.3. The lowest BCUT2D eigenvalue weighted by Crippen LogP contribution is -2.48. The Labute approximate surface area is 188 Å². The molecular weight excluding hydrogens is 404 g/mol. The molecule has 0 bridgehead atoms. The van der Waals surface area contributed by atoms with E-state index in [4.69, 9.17) is 0 Å². The van der Waals surface area contributed by atoms with Crippen molar-refractivity contribution in [2.45, 2.75) is 39.8 Å². The third kappa shape index (κ3) is 4.23. The Hall–Kier alpha value is -2.90. The number of aromatic nitrogens is 2. The van der Waals surface area contributed by atoms with E-state index in [0.29, 0.717) is 18.2 Å². The molecule has 1 aliphatic heterocycles. The van der Waals surface area contributed by atoms with E-state index < -0.39 is 11.5 Å². The molecule has 0 amide bonds. The summed E-state index contributed by atoms with van der Waals surface area (Å²) in [6.45, 7) is 11.7. The summed E-state index contributed by atoms with van der Waals surface area (Å²) in [5, 5.41) is 10.4. The number of fused-ring (bicyclic) bond motifs is 1. The second-order valence-electron chi connectivity index (χ2n) is 8.95. The van der Waals surface area contributed by atoms with E-state index in [1.54, 1.807) is 0 Å². The molecule has 0 unspecified atom stereocenters. The highest BCUT2D eigenvalue weighted by atomic mass is 16.4. The molecule has 170 valence electrons. The monoisotopic (exact) mass is 436 g/mol. The van der Waals surface area contributed by atoms with Gasteiger partial charge in [0.2, 0.25) is 0 Å². The van der Waals surface area contributed by atoms with Gasteiger partial charge < -0.3 is 14.7 Å². The molecule has 1 fully saturated rings.